The lowest BCUT2D eigenvalue weighted by Crippen LogP contribution is -2.64. The standard InChI is InChI=1S/C28H34O14/c1-12-21(33)23(35)25(37)27(39-12)42-26-24(36)22(34)19(11-29)41-28(26)40-15-9-17(31)20(18(32)10-15)16(30)8-5-13-3-6-14(38-2)7-4-13/h3-10,12,19,21-29,31-37H,11H2,1-2H3/b8-5+/t12-,19-,21-,22+,23-,24+,25+,26+,27-,28+/m0/s1. The molecule has 0 aromatic heterocycles. The fraction of sp³-hybridized carbons (Fsp3) is 0.464. The molecule has 10 atom stereocenters. The van der Waals surface area contributed by atoms with Crippen LogP contribution in [0, 0.1) is 0 Å². The highest BCUT2D eigenvalue weighted by molar-refractivity contribution is 6.10. The Balaban J connectivity index is 1.54. The maximum absolute atomic E-state index is 12.7. The van der Waals surface area contributed by atoms with E-state index in [0.717, 1.165) is 18.2 Å². The number of hydrogen-bond donors (Lipinski definition) is 8. The van der Waals surface area contributed by atoms with Gasteiger partial charge < -0.3 is 64.5 Å². The van der Waals surface area contributed by atoms with E-state index in [-0.39, 0.29) is 5.75 Å². The van der Waals surface area contributed by atoms with Gasteiger partial charge in [-0.1, -0.05) is 18.2 Å². The Bertz CT molecular complexity index is 1230. The van der Waals surface area contributed by atoms with Gasteiger partial charge in [-0.05, 0) is 30.7 Å². The van der Waals surface area contributed by atoms with Crippen molar-refractivity contribution in [1.29, 1.82) is 0 Å². The maximum atomic E-state index is 12.7. The van der Waals surface area contributed by atoms with Gasteiger partial charge in [-0.25, -0.2) is 0 Å². The van der Waals surface area contributed by atoms with Gasteiger partial charge in [0.2, 0.25) is 6.29 Å². The Morgan fingerprint density at radius 2 is 1.50 bits per heavy atom. The largest absolute Gasteiger partial charge is 0.507 e. The molecule has 8 N–H and O–H groups in total. The summed E-state index contributed by atoms with van der Waals surface area (Å²) < 4.78 is 27.3. The van der Waals surface area contributed by atoms with Crippen molar-refractivity contribution in [1.82, 2.24) is 0 Å². The number of rotatable bonds is 9. The predicted octanol–water partition coefficient (Wildman–Crippen LogP) is -0.967. The molecule has 0 bridgehead atoms. The highest BCUT2D eigenvalue weighted by Gasteiger charge is 2.50. The predicted molar refractivity (Wildman–Crippen MR) is 142 cm³/mol. The monoisotopic (exact) mass is 594 g/mol. The van der Waals surface area contributed by atoms with E-state index in [1.165, 1.54) is 20.1 Å². The normalized spacial score (nSPS) is 33.4. The van der Waals surface area contributed by atoms with Crippen molar-refractivity contribution in [3.8, 4) is 23.0 Å². The van der Waals surface area contributed by atoms with Crippen molar-refractivity contribution in [2.24, 2.45) is 0 Å². The van der Waals surface area contributed by atoms with Crippen LogP contribution in [0.1, 0.15) is 22.8 Å². The van der Waals surface area contributed by atoms with Gasteiger partial charge >= 0.3 is 0 Å². The van der Waals surface area contributed by atoms with Crippen LogP contribution in [-0.2, 0) is 14.2 Å². The molecule has 230 valence electrons. The van der Waals surface area contributed by atoms with E-state index in [4.69, 9.17) is 23.7 Å². The summed E-state index contributed by atoms with van der Waals surface area (Å²) in [5.41, 5.74) is 0.236. The minimum absolute atomic E-state index is 0.256. The Labute approximate surface area is 240 Å². The third kappa shape index (κ3) is 6.67. The van der Waals surface area contributed by atoms with Crippen molar-refractivity contribution in [3.63, 3.8) is 0 Å². The van der Waals surface area contributed by atoms with Gasteiger partial charge in [-0.15, -0.1) is 0 Å². The highest BCUT2D eigenvalue weighted by atomic mass is 16.8. The molecule has 0 radical (unpaired) electrons. The Morgan fingerprint density at radius 3 is 2.10 bits per heavy atom. The van der Waals surface area contributed by atoms with Crippen molar-refractivity contribution in [2.45, 2.75) is 68.3 Å². The number of aliphatic hydroxyl groups excluding tert-OH is 6. The van der Waals surface area contributed by atoms with Crippen molar-refractivity contribution >= 4 is 11.9 Å². The number of hydrogen-bond acceptors (Lipinski definition) is 14. The van der Waals surface area contributed by atoms with Crippen LogP contribution in [0.2, 0.25) is 0 Å². The second kappa shape index (κ2) is 13.3. The molecule has 4 rings (SSSR count). The molecule has 2 aliphatic heterocycles. The van der Waals surface area contributed by atoms with E-state index < -0.39 is 90.9 Å². The molecule has 42 heavy (non-hydrogen) atoms. The van der Waals surface area contributed by atoms with Gasteiger partial charge in [0.15, 0.2) is 18.2 Å². The summed E-state index contributed by atoms with van der Waals surface area (Å²) in [6.45, 7) is 0.676. The molecular formula is C28H34O14. The summed E-state index contributed by atoms with van der Waals surface area (Å²) >= 11 is 0. The lowest BCUT2D eigenvalue weighted by Gasteiger charge is -2.45. The molecule has 0 unspecified atom stereocenters. The minimum Gasteiger partial charge on any atom is -0.507 e. The van der Waals surface area contributed by atoms with E-state index in [0.29, 0.717) is 11.3 Å². The summed E-state index contributed by atoms with van der Waals surface area (Å²) in [4.78, 5) is 12.7. The number of allylic oxidation sites excluding steroid dienone is 1. The van der Waals surface area contributed by atoms with Gasteiger partial charge in [0.1, 0.15) is 65.2 Å². The van der Waals surface area contributed by atoms with Crippen molar-refractivity contribution in [2.75, 3.05) is 13.7 Å². The van der Waals surface area contributed by atoms with Crippen molar-refractivity contribution < 1.29 is 69.3 Å². The Hall–Kier alpha value is -3.31. The van der Waals surface area contributed by atoms with E-state index >= 15 is 0 Å². The number of carbonyl (C=O) groups excluding carboxylic acids is 1. The first-order valence-electron chi connectivity index (χ1n) is 13.0. The molecule has 2 aromatic rings. The third-order valence-corrected chi connectivity index (χ3v) is 7.04. The molecule has 14 nitrogen and oxygen atoms in total. The van der Waals surface area contributed by atoms with Crippen LogP contribution in [0.3, 0.4) is 0 Å². The molecule has 2 aromatic carbocycles. The topological polar surface area (TPSA) is 225 Å². The number of benzene rings is 2. The van der Waals surface area contributed by atoms with Gasteiger partial charge in [0.05, 0.1) is 19.8 Å². The highest BCUT2D eigenvalue weighted by Crippen LogP contribution is 2.36. The molecule has 2 heterocycles. The van der Waals surface area contributed by atoms with Crippen LogP contribution in [0.5, 0.6) is 23.0 Å². The summed E-state index contributed by atoms with van der Waals surface area (Å²) in [6.07, 6.45) is -12.9. The molecule has 14 heteroatoms. The first-order chi connectivity index (χ1) is 19.9. The number of aliphatic hydroxyl groups is 6. The Kier molecular flexibility index (Phi) is 10.0. The second-order valence-corrected chi connectivity index (χ2v) is 9.91. The number of phenolic OH excluding ortho intramolecular Hbond substituents is 2. The molecule has 0 saturated carbocycles. The average molecular weight is 595 g/mol. The van der Waals surface area contributed by atoms with E-state index in [2.05, 4.69) is 0 Å². The summed E-state index contributed by atoms with van der Waals surface area (Å²) in [5.74, 6) is -1.66. The first-order valence-corrected chi connectivity index (χ1v) is 13.0. The summed E-state index contributed by atoms with van der Waals surface area (Å²) in [7, 11) is 1.52. The van der Waals surface area contributed by atoms with Crippen molar-refractivity contribution in [3.05, 3.63) is 53.6 Å². The number of methoxy groups -OCH3 is 1. The van der Waals surface area contributed by atoms with E-state index in [1.807, 2.05) is 0 Å². The fourth-order valence-electron chi connectivity index (χ4n) is 4.59. The SMILES string of the molecule is COc1ccc(/C=C/C(=O)c2c(O)cc(O[C@@H]3O[C@@H](CO)[C@@H](O)[C@@H](O)[C@H]3O[C@@H]3O[C@@H](C)[C@H](O)[C@H](O)[C@H]3O)cc2O)cc1. The summed E-state index contributed by atoms with van der Waals surface area (Å²) in [6, 6.07) is 8.78. The van der Waals surface area contributed by atoms with E-state index in [9.17, 15) is 45.6 Å². The number of phenols is 2. The zero-order chi connectivity index (χ0) is 30.7. The summed E-state index contributed by atoms with van der Waals surface area (Å²) in [5, 5.41) is 82.2. The number of aromatic hydroxyl groups is 2. The quantitative estimate of drug-likeness (QED) is 0.129. The lowest BCUT2D eigenvalue weighted by atomic mass is 9.97. The molecule has 2 aliphatic rings. The Morgan fingerprint density at radius 1 is 0.857 bits per heavy atom. The number of ketones is 1. The van der Waals surface area contributed by atoms with Gasteiger partial charge in [0, 0.05) is 12.1 Å². The van der Waals surface area contributed by atoms with Crippen LogP contribution in [-0.4, -0.2) is 122 Å². The van der Waals surface area contributed by atoms with Gasteiger partial charge in [-0.3, -0.25) is 4.79 Å². The molecule has 0 amide bonds. The minimum atomic E-state index is -1.78. The van der Waals surface area contributed by atoms with Crippen LogP contribution in [0.25, 0.3) is 6.08 Å². The van der Waals surface area contributed by atoms with Gasteiger partial charge in [0.25, 0.3) is 0 Å². The van der Waals surface area contributed by atoms with Crippen LogP contribution in [0.15, 0.2) is 42.5 Å². The lowest BCUT2D eigenvalue weighted by molar-refractivity contribution is -0.354. The van der Waals surface area contributed by atoms with Crippen LogP contribution >= 0.6 is 0 Å². The smallest absolute Gasteiger partial charge is 0.229 e. The number of ether oxygens (including phenoxy) is 5. The fourth-order valence-corrected chi connectivity index (χ4v) is 4.59. The van der Waals surface area contributed by atoms with Gasteiger partial charge in [-0.2, -0.15) is 0 Å². The molecule has 2 fully saturated rings. The van der Waals surface area contributed by atoms with Crippen LogP contribution < -0.4 is 9.47 Å². The third-order valence-electron chi connectivity index (χ3n) is 7.04. The molecule has 0 spiro atoms. The average Bonchev–Trinajstić information content (AvgIpc) is 2.97. The van der Waals surface area contributed by atoms with Crippen LogP contribution in [0.4, 0.5) is 0 Å². The zero-order valence-electron chi connectivity index (χ0n) is 22.6. The number of carbonyl (C=O) groups is 1. The maximum Gasteiger partial charge on any atom is 0.229 e. The second-order valence-electron chi connectivity index (χ2n) is 9.91. The van der Waals surface area contributed by atoms with E-state index in [1.54, 1.807) is 24.3 Å². The molecule has 2 saturated heterocycles. The zero-order valence-corrected chi connectivity index (χ0v) is 22.6. The molecule has 0 aliphatic carbocycles. The first kappa shape index (κ1) is 31.6. The molecular weight excluding hydrogens is 560 g/mol.